The summed E-state index contributed by atoms with van der Waals surface area (Å²) in [6, 6.07) is 12.1. The number of fused-ring (bicyclic) bond motifs is 1. The highest BCUT2D eigenvalue weighted by Crippen LogP contribution is 2.27. The summed E-state index contributed by atoms with van der Waals surface area (Å²) in [4.78, 5) is 28.2. The number of H-pyrrole nitrogens is 1. The van der Waals surface area contributed by atoms with Crippen molar-refractivity contribution < 1.29 is 0 Å². The summed E-state index contributed by atoms with van der Waals surface area (Å²) < 4.78 is 0. The summed E-state index contributed by atoms with van der Waals surface area (Å²) in [5, 5.41) is 8.04. The summed E-state index contributed by atoms with van der Waals surface area (Å²) in [6.45, 7) is 3.78. The van der Waals surface area contributed by atoms with Gasteiger partial charge in [0.05, 0.1) is 11.2 Å². The first-order chi connectivity index (χ1) is 14.8. The molecule has 2 saturated heterocycles. The molecule has 0 amide bonds. The van der Waals surface area contributed by atoms with E-state index in [0.29, 0.717) is 23.0 Å². The van der Waals surface area contributed by atoms with Crippen LogP contribution in [0.3, 0.4) is 0 Å². The molecule has 1 unspecified atom stereocenters. The molecule has 5 rings (SSSR count). The molecule has 4 heterocycles. The van der Waals surface area contributed by atoms with Crippen molar-refractivity contribution in [3.63, 3.8) is 0 Å². The highest BCUT2D eigenvalue weighted by molar-refractivity contribution is 5.83. The molecule has 2 aliphatic heterocycles. The fourth-order valence-electron chi connectivity index (χ4n) is 4.43. The Kier molecular flexibility index (Phi) is 5.36. The summed E-state index contributed by atoms with van der Waals surface area (Å²) in [5.74, 6) is 1.30. The van der Waals surface area contributed by atoms with Gasteiger partial charge in [0, 0.05) is 31.1 Å². The quantitative estimate of drug-likeness (QED) is 0.619. The number of pyridine rings is 1. The summed E-state index contributed by atoms with van der Waals surface area (Å²) in [5.41, 5.74) is 1.91. The third kappa shape index (κ3) is 3.89. The molecule has 0 spiro atoms. The van der Waals surface area contributed by atoms with Crippen LogP contribution in [0.5, 0.6) is 0 Å². The Labute approximate surface area is 175 Å². The normalized spacial score (nSPS) is 19.7. The molecular formula is C23H28N6O. The van der Waals surface area contributed by atoms with Gasteiger partial charge in [-0.05, 0) is 50.8 Å². The highest BCUT2D eigenvalue weighted by Gasteiger charge is 2.22. The van der Waals surface area contributed by atoms with E-state index in [9.17, 15) is 4.79 Å². The van der Waals surface area contributed by atoms with Crippen LogP contribution in [0.2, 0.25) is 0 Å². The molecule has 2 fully saturated rings. The minimum absolute atomic E-state index is 0.139. The van der Waals surface area contributed by atoms with Crippen LogP contribution >= 0.6 is 0 Å². The third-order valence-electron chi connectivity index (χ3n) is 6.05. The van der Waals surface area contributed by atoms with Gasteiger partial charge in [-0.2, -0.15) is 4.98 Å². The van der Waals surface area contributed by atoms with Gasteiger partial charge in [-0.25, -0.2) is 4.98 Å². The summed E-state index contributed by atoms with van der Waals surface area (Å²) >= 11 is 0. The molecule has 3 aromatic rings. The fraction of sp³-hybridized carbons (Fsp3) is 0.435. The van der Waals surface area contributed by atoms with Gasteiger partial charge < -0.3 is 15.5 Å². The van der Waals surface area contributed by atoms with E-state index in [1.165, 1.54) is 6.42 Å². The molecule has 1 atom stereocenters. The number of para-hydroxylation sites is 1. The van der Waals surface area contributed by atoms with Gasteiger partial charge in [-0.15, -0.1) is 0 Å². The molecule has 0 bridgehead atoms. The van der Waals surface area contributed by atoms with Gasteiger partial charge in [0.25, 0.3) is 5.56 Å². The van der Waals surface area contributed by atoms with E-state index in [1.54, 1.807) is 0 Å². The van der Waals surface area contributed by atoms with Crippen molar-refractivity contribution in [1.29, 1.82) is 0 Å². The molecule has 2 aliphatic rings. The molecule has 3 N–H and O–H groups in total. The first kappa shape index (κ1) is 19.1. The molecule has 7 nitrogen and oxygen atoms in total. The third-order valence-corrected chi connectivity index (χ3v) is 6.05. The predicted octanol–water partition coefficient (Wildman–Crippen LogP) is 3.14. The molecule has 1 aromatic carbocycles. The molecule has 0 radical (unpaired) electrons. The molecule has 7 heteroatoms. The van der Waals surface area contributed by atoms with Crippen molar-refractivity contribution >= 4 is 22.7 Å². The van der Waals surface area contributed by atoms with Gasteiger partial charge in [0.1, 0.15) is 11.4 Å². The molecule has 0 aliphatic carbocycles. The van der Waals surface area contributed by atoms with Crippen LogP contribution in [0, 0.1) is 0 Å². The maximum absolute atomic E-state index is 13.3. The number of nitrogens with one attached hydrogen (secondary N) is 3. The predicted molar refractivity (Wildman–Crippen MR) is 121 cm³/mol. The Balaban J connectivity index is 1.58. The fourth-order valence-corrected chi connectivity index (χ4v) is 4.43. The monoisotopic (exact) mass is 404 g/mol. The number of piperidine rings is 2. The van der Waals surface area contributed by atoms with Gasteiger partial charge in [0.15, 0.2) is 0 Å². The maximum atomic E-state index is 13.3. The molecule has 30 heavy (non-hydrogen) atoms. The largest absolute Gasteiger partial charge is 0.365 e. The van der Waals surface area contributed by atoms with Crippen molar-refractivity contribution in [2.24, 2.45) is 0 Å². The zero-order valence-corrected chi connectivity index (χ0v) is 17.2. The first-order valence-corrected chi connectivity index (χ1v) is 11.0. The Morgan fingerprint density at radius 2 is 1.87 bits per heavy atom. The Bertz CT molecular complexity index is 1080. The first-order valence-electron chi connectivity index (χ1n) is 11.0. The average Bonchev–Trinajstić information content (AvgIpc) is 2.80. The number of hydrogen-bond acceptors (Lipinski definition) is 6. The highest BCUT2D eigenvalue weighted by atomic mass is 16.1. The zero-order chi connectivity index (χ0) is 20.3. The van der Waals surface area contributed by atoms with Crippen molar-refractivity contribution in [3.8, 4) is 11.3 Å². The minimum atomic E-state index is -0.139. The van der Waals surface area contributed by atoms with Gasteiger partial charge in [-0.3, -0.25) is 9.78 Å². The van der Waals surface area contributed by atoms with Crippen LogP contribution in [0.4, 0.5) is 11.8 Å². The van der Waals surface area contributed by atoms with Crippen molar-refractivity contribution in [2.75, 3.05) is 36.4 Å². The van der Waals surface area contributed by atoms with Crippen LogP contribution in [0.25, 0.3) is 22.2 Å². The van der Waals surface area contributed by atoms with Crippen molar-refractivity contribution in [3.05, 3.63) is 46.8 Å². The summed E-state index contributed by atoms with van der Waals surface area (Å²) in [6.07, 6.45) is 5.67. The van der Waals surface area contributed by atoms with Gasteiger partial charge in [-0.1, -0.05) is 24.3 Å². The molecular weight excluding hydrogens is 376 g/mol. The van der Waals surface area contributed by atoms with Crippen LogP contribution in [-0.4, -0.2) is 47.2 Å². The Morgan fingerprint density at radius 3 is 2.70 bits per heavy atom. The van der Waals surface area contributed by atoms with Gasteiger partial charge >= 0.3 is 0 Å². The number of hydrogen-bond donors (Lipinski definition) is 3. The maximum Gasteiger partial charge on any atom is 0.263 e. The van der Waals surface area contributed by atoms with E-state index in [0.717, 1.165) is 62.8 Å². The van der Waals surface area contributed by atoms with E-state index in [-0.39, 0.29) is 11.6 Å². The second kappa shape index (κ2) is 8.44. The zero-order valence-electron chi connectivity index (χ0n) is 17.2. The van der Waals surface area contributed by atoms with E-state index in [1.807, 2.05) is 36.4 Å². The van der Waals surface area contributed by atoms with Crippen molar-refractivity contribution in [2.45, 2.75) is 38.1 Å². The van der Waals surface area contributed by atoms with E-state index < -0.39 is 0 Å². The average molecular weight is 405 g/mol. The van der Waals surface area contributed by atoms with Crippen LogP contribution < -0.4 is 21.1 Å². The smallest absolute Gasteiger partial charge is 0.263 e. The van der Waals surface area contributed by atoms with E-state index in [2.05, 4.69) is 20.5 Å². The second-order valence-electron chi connectivity index (χ2n) is 8.24. The molecule has 2 aromatic heterocycles. The lowest BCUT2D eigenvalue weighted by Crippen LogP contribution is -2.39. The van der Waals surface area contributed by atoms with Crippen molar-refractivity contribution in [1.82, 2.24) is 20.3 Å². The lowest BCUT2D eigenvalue weighted by Gasteiger charge is -2.29. The number of aromatic nitrogens is 3. The van der Waals surface area contributed by atoms with E-state index in [4.69, 9.17) is 9.97 Å². The number of aromatic amines is 1. The molecule has 0 saturated carbocycles. The van der Waals surface area contributed by atoms with Crippen LogP contribution in [-0.2, 0) is 0 Å². The molecule has 156 valence electrons. The Morgan fingerprint density at radius 1 is 1.00 bits per heavy atom. The number of nitrogens with zero attached hydrogens (tertiary/aromatic N) is 3. The number of anilines is 2. The van der Waals surface area contributed by atoms with Gasteiger partial charge in [0.2, 0.25) is 5.95 Å². The summed E-state index contributed by atoms with van der Waals surface area (Å²) in [7, 11) is 0. The Hall–Kier alpha value is -2.93. The lowest BCUT2D eigenvalue weighted by atomic mass is 10.1. The number of rotatable bonds is 4. The van der Waals surface area contributed by atoms with Crippen LogP contribution in [0.1, 0.15) is 32.1 Å². The topological polar surface area (TPSA) is 85.9 Å². The SMILES string of the molecule is O=c1[nH]c(N2CCCCC2)nc(NC2CCCNC2)c1-c1ccc2ccccc2n1. The minimum Gasteiger partial charge on any atom is -0.365 e. The second-order valence-corrected chi connectivity index (χ2v) is 8.24. The standard InChI is InChI=1S/C23H28N6O/c30-22-20(19-11-10-16-7-2-3-9-18(16)26-19)21(25-17-8-6-12-24-15-17)27-23(28-22)29-13-4-1-5-14-29/h2-3,7,9-11,17,24H,1,4-6,8,12-15H2,(H2,25,27,28,30). The van der Waals surface area contributed by atoms with Crippen LogP contribution in [0.15, 0.2) is 41.2 Å². The van der Waals surface area contributed by atoms with E-state index >= 15 is 0 Å². The number of benzene rings is 1. The lowest BCUT2D eigenvalue weighted by molar-refractivity contribution is 0.479.